The maximum absolute atomic E-state index is 5.57. The number of nitrogens with zero attached hydrogens (tertiary/aromatic N) is 1. The molecule has 0 atom stereocenters. The van der Waals surface area contributed by atoms with Gasteiger partial charge in [0.1, 0.15) is 5.76 Å². The largest absolute Gasteiger partial charge is 0.468 e. The third kappa shape index (κ3) is 2.12. The molecule has 1 aromatic carbocycles. The molecule has 1 aliphatic heterocycles. The number of furan rings is 1. The molecule has 0 fully saturated rings. The van der Waals surface area contributed by atoms with Crippen LogP contribution in [0, 0.1) is 0 Å². The van der Waals surface area contributed by atoms with Gasteiger partial charge in [-0.2, -0.15) is 0 Å². The summed E-state index contributed by atoms with van der Waals surface area (Å²) in [5.74, 6) is 0.998. The van der Waals surface area contributed by atoms with Gasteiger partial charge in [0.15, 0.2) is 0 Å². The van der Waals surface area contributed by atoms with E-state index in [0.717, 1.165) is 31.0 Å². The van der Waals surface area contributed by atoms with Crippen molar-refractivity contribution >= 4 is 0 Å². The van der Waals surface area contributed by atoms with Gasteiger partial charge in [-0.3, -0.25) is 4.90 Å². The van der Waals surface area contributed by atoms with Gasteiger partial charge < -0.3 is 10.2 Å². The summed E-state index contributed by atoms with van der Waals surface area (Å²) in [6.07, 6.45) is 1.75. The van der Waals surface area contributed by atoms with Crippen LogP contribution in [0.5, 0.6) is 0 Å². The Labute approximate surface area is 101 Å². The highest BCUT2D eigenvalue weighted by Gasteiger charge is 2.19. The van der Waals surface area contributed by atoms with E-state index >= 15 is 0 Å². The molecule has 2 aromatic rings. The quantitative estimate of drug-likeness (QED) is 0.876. The van der Waals surface area contributed by atoms with E-state index in [4.69, 9.17) is 10.2 Å². The molecule has 2 heterocycles. The van der Waals surface area contributed by atoms with Crippen molar-refractivity contribution < 1.29 is 4.42 Å². The molecule has 0 bridgehead atoms. The summed E-state index contributed by atoms with van der Waals surface area (Å²) < 4.78 is 5.49. The molecule has 3 nitrogen and oxygen atoms in total. The van der Waals surface area contributed by atoms with E-state index in [0.29, 0.717) is 6.54 Å². The highest BCUT2D eigenvalue weighted by atomic mass is 16.3. The first-order valence-electron chi connectivity index (χ1n) is 5.90. The lowest BCUT2D eigenvalue weighted by atomic mass is 10.1. The lowest BCUT2D eigenvalue weighted by Gasteiger charge is -2.12. The highest BCUT2D eigenvalue weighted by molar-refractivity contribution is 5.30. The first kappa shape index (κ1) is 10.6. The molecule has 1 aromatic heterocycles. The van der Waals surface area contributed by atoms with Crippen LogP contribution in [0.4, 0.5) is 0 Å². The van der Waals surface area contributed by atoms with Gasteiger partial charge in [0.05, 0.1) is 12.8 Å². The summed E-state index contributed by atoms with van der Waals surface area (Å²) in [6, 6.07) is 10.6. The Bertz CT molecular complexity index is 493. The van der Waals surface area contributed by atoms with Crippen molar-refractivity contribution in [2.24, 2.45) is 5.73 Å². The molecule has 88 valence electrons. The minimum absolute atomic E-state index is 0.545. The van der Waals surface area contributed by atoms with Crippen LogP contribution in [0.2, 0.25) is 0 Å². The van der Waals surface area contributed by atoms with E-state index in [1.165, 1.54) is 11.1 Å². The van der Waals surface area contributed by atoms with Gasteiger partial charge in [-0.1, -0.05) is 24.3 Å². The lowest BCUT2D eigenvalue weighted by molar-refractivity contribution is 0.251. The number of hydrogen-bond donors (Lipinski definition) is 1. The Morgan fingerprint density at radius 3 is 2.47 bits per heavy atom. The summed E-state index contributed by atoms with van der Waals surface area (Å²) in [4.78, 5) is 2.38. The fraction of sp³-hybridized carbons (Fsp3) is 0.286. The van der Waals surface area contributed by atoms with Crippen LogP contribution in [0.25, 0.3) is 0 Å². The maximum atomic E-state index is 5.57. The Kier molecular flexibility index (Phi) is 2.71. The normalized spacial score (nSPS) is 15.1. The molecular formula is C14H16N2O. The Hall–Kier alpha value is -1.58. The summed E-state index contributed by atoms with van der Waals surface area (Å²) in [5, 5.41) is 0. The van der Waals surface area contributed by atoms with E-state index in [9.17, 15) is 0 Å². The van der Waals surface area contributed by atoms with Gasteiger partial charge in [-0.15, -0.1) is 0 Å². The van der Waals surface area contributed by atoms with E-state index in [1.54, 1.807) is 6.26 Å². The second kappa shape index (κ2) is 4.35. The van der Waals surface area contributed by atoms with Crippen LogP contribution >= 0.6 is 0 Å². The van der Waals surface area contributed by atoms with Crippen molar-refractivity contribution in [2.45, 2.75) is 26.2 Å². The maximum Gasteiger partial charge on any atom is 0.118 e. The van der Waals surface area contributed by atoms with Crippen molar-refractivity contribution in [3.05, 3.63) is 59.0 Å². The smallest absolute Gasteiger partial charge is 0.118 e. The van der Waals surface area contributed by atoms with Crippen molar-refractivity contribution in [3.8, 4) is 0 Å². The Morgan fingerprint density at radius 2 is 1.88 bits per heavy atom. The highest BCUT2D eigenvalue weighted by Crippen LogP contribution is 2.24. The molecule has 0 amide bonds. The fourth-order valence-corrected chi connectivity index (χ4v) is 2.35. The van der Waals surface area contributed by atoms with Crippen LogP contribution in [0.3, 0.4) is 0 Å². The molecule has 3 heteroatoms. The summed E-state index contributed by atoms with van der Waals surface area (Å²) in [5.41, 5.74) is 9.49. The molecule has 2 N–H and O–H groups in total. The molecule has 0 spiro atoms. The molecule has 1 aliphatic rings. The number of rotatable bonds is 3. The van der Waals surface area contributed by atoms with Crippen LogP contribution in [0.1, 0.15) is 22.5 Å². The monoisotopic (exact) mass is 228 g/mol. The van der Waals surface area contributed by atoms with Gasteiger partial charge in [-0.25, -0.2) is 0 Å². The minimum Gasteiger partial charge on any atom is -0.468 e. The van der Waals surface area contributed by atoms with Crippen LogP contribution in [0.15, 0.2) is 41.0 Å². The SMILES string of the molecule is NCc1coc(CN2Cc3ccccc3C2)c1. The van der Waals surface area contributed by atoms with E-state index in [2.05, 4.69) is 29.2 Å². The average molecular weight is 228 g/mol. The molecule has 0 unspecified atom stereocenters. The first-order chi connectivity index (χ1) is 8.35. The third-order valence-corrected chi connectivity index (χ3v) is 3.23. The average Bonchev–Trinajstić information content (AvgIpc) is 2.94. The van der Waals surface area contributed by atoms with Gasteiger partial charge in [-0.05, 0) is 17.2 Å². The number of fused-ring (bicyclic) bond motifs is 1. The van der Waals surface area contributed by atoms with E-state index < -0.39 is 0 Å². The summed E-state index contributed by atoms with van der Waals surface area (Å²) >= 11 is 0. The molecular weight excluding hydrogens is 212 g/mol. The van der Waals surface area contributed by atoms with Crippen LogP contribution in [-0.2, 0) is 26.2 Å². The van der Waals surface area contributed by atoms with Gasteiger partial charge in [0, 0.05) is 25.2 Å². The first-order valence-corrected chi connectivity index (χ1v) is 5.90. The summed E-state index contributed by atoms with van der Waals surface area (Å²) in [7, 11) is 0. The zero-order valence-corrected chi connectivity index (χ0v) is 9.73. The van der Waals surface area contributed by atoms with Gasteiger partial charge in [0.25, 0.3) is 0 Å². The fourth-order valence-electron chi connectivity index (χ4n) is 2.35. The van der Waals surface area contributed by atoms with Crippen molar-refractivity contribution in [1.29, 1.82) is 0 Å². The zero-order valence-electron chi connectivity index (χ0n) is 9.73. The second-order valence-corrected chi connectivity index (χ2v) is 4.54. The van der Waals surface area contributed by atoms with Gasteiger partial charge in [0.2, 0.25) is 0 Å². The third-order valence-electron chi connectivity index (χ3n) is 3.23. The Morgan fingerprint density at radius 1 is 1.18 bits per heavy atom. The molecule has 0 saturated carbocycles. The predicted molar refractivity (Wildman–Crippen MR) is 66.0 cm³/mol. The number of nitrogens with two attached hydrogens (primary N) is 1. The van der Waals surface area contributed by atoms with Crippen LogP contribution in [-0.4, -0.2) is 4.90 Å². The zero-order chi connectivity index (χ0) is 11.7. The van der Waals surface area contributed by atoms with Crippen molar-refractivity contribution in [1.82, 2.24) is 4.90 Å². The van der Waals surface area contributed by atoms with E-state index in [-0.39, 0.29) is 0 Å². The number of hydrogen-bond acceptors (Lipinski definition) is 3. The second-order valence-electron chi connectivity index (χ2n) is 4.54. The standard InChI is InChI=1S/C14H16N2O/c15-6-11-5-14(17-10-11)9-16-7-12-3-1-2-4-13(12)8-16/h1-5,10H,6-9,15H2. The lowest BCUT2D eigenvalue weighted by Crippen LogP contribution is -2.15. The molecule has 0 saturated heterocycles. The topological polar surface area (TPSA) is 42.4 Å². The summed E-state index contributed by atoms with van der Waals surface area (Å²) in [6.45, 7) is 3.42. The van der Waals surface area contributed by atoms with Crippen molar-refractivity contribution in [2.75, 3.05) is 0 Å². The molecule has 3 rings (SSSR count). The van der Waals surface area contributed by atoms with E-state index in [1.807, 2.05) is 6.07 Å². The molecule has 0 radical (unpaired) electrons. The molecule has 17 heavy (non-hydrogen) atoms. The van der Waals surface area contributed by atoms with Crippen molar-refractivity contribution in [3.63, 3.8) is 0 Å². The molecule has 0 aliphatic carbocycles. The van der Waals surface area contributed by atoms with Crippen LogP contribution < -0.4 is 5.73 Å². The predicted octanol–water partition coefficient (Wildman–Crippen LogP) is 2.25. The van der Waals surface area contributed by atoms with Gasteiger partial charge >= 0.3 is 0 Å². The number of benzene rings is 1. The Balaban J connectivity index is 1.69. The minimum atomic E-state index is 0.545.